The molecule has 28 heavy (non-hydrogen) atoms. The van der Waals surface area contributed by atoms with Crippen LogP contribution in [0.4, 0.5) is 13.2 Å². The van der Waals surface area contributed by atoms with Crippen LogP contribution in [-0.2, 0) is 24.1 Å². The van der Waals surface area contributed by atoms with E-state index >= 15 is 0 Å². The van der Waals surface area contributed by atoms with Gasteiger partial charge in [-0.1, -0.05) is 12.1 Å². The van der Waals surface area contributed by atoms with Gasteiger partial charge in [-0.25, -0.2) is 4.98 Å². The Hall–Kier alpha value is -3.36. The number of benzene rings is 1. The minimum atomic E-state index is -4.47. The zero-order chi connectivity index (χ0) is 20.1. The van der Waals surface area contributed by atoms with Gasteiger partial charge in [0.25, 0.3) is 0 Å². The first kappa shape index (κ1) is 19.4. The first-order valence-corrected chi connectivity index (χ1v) is 8.37. The van der Waals surface area contributed by atoms with E-state index in [-0.39, 0.29) is 30.6 Å². The largest absolute Gasteiger partial charge is 0.439 e. The van der Waals surface area contributed by atoms with Crippen molar-refractivity contribution in [3.8, 4) is 11.6 Å². The van der Waals surface area contributed by atoms with Crippen molar-refractivity contribution >= 4 is 5.91 Å². The van der Waals surface area contributed by atoms with Crippen molar-refractivity contribution in [1.29, 1.82) is 0 Å². The maximum absolute atomic E-state index is 12.9. The maximum atomic E-state index is 12.9. The van der Waals surface area contributed by atoms with E-state index in [1.54, 1.807) is 24.4 Å². The molecule has 0 aliphatic heterocycles. The van der Waals surface area contributed by atoms with Gasteiger partial charge in [-0.05, 0) is 37.3 Å². The zero-order valence-electron chi connectivity index (χ0n) is 14.9. The molecule has 0 spiro atoms. The summed E-state index contributed by atoms with van der Waals surface area (Å²) in [6.07, 6.45) is -1.31. The van der Waals surface area contributed by atoms with Gasteiger partial charge < -0.3 is 10.1 Å². The molecule has 9 heteroatoms. The fraction of sp³-hybridized carbons (Fsp3) is 0.211. The number of nitrogens with one attached hydrogen (secondary N) is 1. The molecule has 2 heterocycles. The molecule has 0 unspecified atom stereocenters. The number of carbonyl (C=O) groups is 1. The van der Waals surface area contributed by atoms with Crippen LogP contribution < -0.4 is 10.1 Å². The lowest BCUT2D eigenvalue weighted by molar-refractivity contribution is -0.137. The number of carbonyl (C=O) groups excluding carboxylic acids is 1. The Morgan fingerprint density at radius 2 is 2.04 bits per heavy atom. The van der Waals surface area contributed by atoms with Gasteiger partial charge in [0.15, 0.2) is 0 Å². The summed E-state index contributed by atoms with van der Waals surface area (Å²) in [7, 11) is 0. The number of pyridine rings is 1. The maximum Gasteiger partial charge on any atom is 0.416 e. The average Bonchev–Trinajstić information content (AvgIpc) is 3.05. The van der Waals surface area contributed by atoms with Crippen molar-refractivity contribution in [2.75, 3.05) is 0 Å². The molecule has 0 aliphatic carbocycles. The summed E-state index contributed by atoms with van der Waals surface area (Å²) in [6.45, 7) is 1.99. The third kappa shape index (κ3) is 5.09. The van der Waals surface area contributed by atoms with Gasteiger partial charge in [-0.15, -0.1) is 0 Å². The van der Waals surface area contributed by atoms with Crippen LogP contribution in [0.15, 0.2) is 54.9 Å². The van der Waals surface area contributed by atoms with Crippen LogP contribution >= 0.6 is 0 Å². The Labute approximate surface area is 159 Å². The van der Waals surface area contributed by atoms with Gasteiger partial charge in [0.05, 0.1) is 11.3 Å². The molecule has 3 aromatic rings. The second-order valence-corrected chi connectivity index (χ2v) is 6.03. The first-order chi connectivity index (χ1) is 13.3. The smallest absolute Gasteiger partial charge is 0.416 e. The average molecular weight is 390 g/mol. The molecule has 0 saturated heterocycles. The minimum Gasteiger partial charge on any atom is -0.439 e. The van der Waals surface area contributed by atoms with E-state index in [2.05, 4.69) is 15.4 Å². The minimum absolute atomic E-state index is 0.00752. The van der Waals surface area contributed by atoms with Gasteiger partial charge >= 0.3 is 6.18 Å². The van der Waals surface area contributed by atoms with Crippen LogP contribution in [0.3, 0.4) is 0 Å². The van der Waals surface area contributed by atoms with Crippen LogP contribution in [0.5, 0.6) is 11.6 Å². The lowest BCUT2D eigenvalue weighted by Gasteiger charge is -2.12. The highest BCUT2D eigenvalue weighted by atomic mass is 19.4. The molecular formula is C19H17F3N4O2. The predicted molar refractivity (Wildman–Crippen MR) is 94.6 cm³/mol. The summed E-state index contributed by atoms with van der Waals surface area (Å²) in [4.78, 5) is 16.1. The van der Waals surface area contributed by atoms with E-state index in [0.717, 1.165) is 17.8 Å². The van der Waals surface area contributed by atoms with Crippen LogP contribution in [0.1, 0.15) is 16.8 Å². The van der Waals surface area contributed by atoms with E-state index < -0.39 is 11.7 Å². The fourth-order valence-electron chi connectivity index (χ4n) is 2.45. The molecule has 0 saturated carbocycles. The Balaban J connectivity index is 1.67. The second-order valence-electron chi connectivity index (χ2n) is 6.03. The van der Waals surface area contributed by atoms with Crippen molar-refractivity contribution in [3.63, 3.8) is 0 Å². The molecule has 3 rings (SSSR count). The van der Waals surface area contributed by atoms with Gasteiger partial charge in [0, 0.05) is 24.5 Å². The van der Waals surface area contributed by atoms with Crippen molar-refractivity contribution in [2.24, 2.45) is 0 Å². The molecule has 1 aromatic carbocycles. The van der Waals surface area contributed by atoms with Crippen molar-refractivity contribution in [3.05, 3.63) is 71.7 Å². The highest BCUT2D eigenvalue weighted by Crippen LogP contribution is 2.32. The van der Waals surface area contributed by atoms with Crippen LogP contribution in [0.25, 0.3) is 0 Å². The molecule has 0 radical (unpaired) electrons. The number of ether oxygens (including phenoxy) is 1. The highest BCUT2D eigenvalue weighted by molar-refractivity contribution is 5.75. The van der Waals surface area contributed by atoms with Gasteiger partial charge in [0.2, 0.25) is 11.8 Å². The molecule has 1 amide bonds. The summed E-state index contributed by atoms with van der Waals surface area (Å²) in [5.41, 5.74) is 0.520. The highest BCUT2D eigenvalue weighted by Gasteiger charge is 2.30. The number of alkyl halides is 3. The fourth-order valence-corrected chi connectivity index (χ4v) is 2.45. The molecular weight excluding hydrogens is 373 g/mol. The molecule has 1 N–H and O–H groups in total. The van der Waals surface area contributed by atoms with Gasteiger partial charge in [0.1, 0.15) is 12.3 Å². The van der Waals surface area contributed by atoms with Crippen LogP contribution in [0.2, 0.25) is 0 Å². The summed E-state index contributed by atoms with van der Waals surface area (Å²) >= 11 is 0. The molecule has 0 aliphatic rings. The van der Waals surface area contributed by atoms with E-state index in [1.807, 2.05) is 6.92 Å². The van der Waals surface area contributed by atoms with Gasteiger partial charge in [-0.2, -0.15) is 18.3 Å². The third-order valence-electron chi connectivity index (χ3n) is 3.78. The topological polar surface area (TPSA) is 69.0 Å². The third-order valence-corrected chi connectivity index (χ3v) is 3.78. The number of nitrogens with zero attached hydrogens (tertiary/aromatic N) is 3. The zero-order valence-corrected chi connectivity index (χ0v) is 14.9. The summed E-state index contributed by atoms with van der Waals surface area (Å²) in [5.74, 6) is -0.137. The molecule has 146 valence electrons. The predicted octanol–water partition coefficient (Wildman–Crippen LogP) is 3.71. The number of aryl methyl sites for hydroxylation is 1. The van der Waals surface area contributed by atoms with E-state index in [1.165, 1.54) is 23.0 Å². The van der Waals surface area contributed by atoms with E-state index in [4.69, 9.17) is 4.74 Å². The summed E-state index contributed by atoms with van der Waals surface area (Å²) in [5, 5.41) is 6.85. The number of rotatable bonds is 6. The number of hydrogen-bond donors (Lipinski definition) is 1. The SMILES string of the molecule is Cc1ccn(CC(=O)NCc2cccnc2Oc2cccc(C(F)(F)F)c2)n1. The second kappa shape index (κ2) is 8.12. The summed E-state index contributed by atoms with van der Waals surface area (Å²) < 4.78 is 45.6. The number of aromatic nitrogens is 3. The van der Waals surface area contributed by atoms with Crippen LogP contribution in [-0.4, -0.2) is 20.7 Å². The molecule has 6 nitrogen and oxygen atoms in total. The van der Waals surface area contributed by atoms with E-state index in [0.29, 0.717) is 5.56 Å². The van der Waals surface area contributed by atoms with Crippen molar-refractivity contribution in [1.82, 2.24) is 20.1 Å². The Morgan fingerprint density at radius 3 is 2.75 bits per heavy atom. The van der Waals surface area contributed by atoms with Gasteiger partial charge in [-0.3, -0.25) is 9.48 Å². The number of amides is 1. The van der Waals surface area contributed by atoms with Crippen molar-refractivity contribution < 1.29 is 22.7 Å². The van der Waals surface area contributed by atoms with Crippen LogP contribution in [0, 0.1) is 6.92 Å². The lowest BCUT2D eigenvalue weighted by Crippen LogP contribution is -2.27. The monoisotopic (exact) mass is 390 g/mol. The Morgan fingerprint density at radius 1 is 1.21 bits per heavy atom. The Bertz CT molecular complexity index is 970. The molecule has 0 atom stereocenters. The Kier molecular flexibility index (Phi) is 5.62. The first-order valence-electron chi connectivity index (χ1n) is 8.37. The normalized spacial score (nSPS) is 11.3. The van der Waals surface area contributed by atoms with Crippen molar-refractivity contribution in [2.45, 2.75) is 26.2 Å². The number of halogens is 3. The summed E-state index contributed by atoms with van der Waals surface area (Å²) in [6, 6.07) is 9.64. The number of hydrogen-bond acceptors (Lipinski definition) is 4. The standard InChI is InChI=1S/C19H17F3N4O2/c1-13-7-9-26(25-13)12-17(27)24-11-14-4-3-8-23-18(14)28-16-6-2-5-15(10-16)19(20,21)22/h2-10H,11-12H2,1H3,(H,24,27). The van der Waals surface area contributed by atoms with E-state index in [9.17, 15) is 18.0 Å². The quantitative estimate of drug-likeness (QED) is 0.697. The molecule has 0 fully saturated rings. The molecule has 0 bridgehead atoms. The lowest BCUT2D eigenvalue weighted by atomic mass is 10.2. The molecule has 2 aromatic heterocycles.